The van der Waals surface area contributed by atoms with Crippen molar-refractivity contribution in [3.05, 3.63) is 45.1 Å². The third-order valence-corrected chi connectivity index (χ3v) is 3.64. The Labute approximate surface area is 114 Å². The van der Waals surface area contributed by atoms with Crippen molar-refractivity contribution in [2.24, 2.45) is 0 Å². The van der Waals surface area contributed by atoms with Crippen LogP contribution in [0.25, 0.3) is 10.9 Å². The summed E-state index contributed by atoms with van der Waals surface area (Å²) in [7, 11) is 0. The number of hydrogen-bond acceptors (Lipinski definition) is 3. The first-order valence-electron chi connectivity index (χ1n) is 6.66. The van der Waals surface area contributed by atoms with Gasteiger partial charge in [0.25, 0.3) is 5.56 Å². The Morgan fingerprint density at radius 1 is 1.15 bits per heavy atom. The lowest BCUT2D eigenvalue weighted by Gasteiger charge is -2.15. The number of carbonyl (C=O) groups excluding carboxylic acids is 1. The van der Waals surface area contributed by atoms with E-state index < -0.39 is 11.2 Å². The van der Waals surface area contributed by atoms with E-state index in [0.29, 0.717) is 24.0 Å². The Kier molecular flexibility index (Phi) is 3.14. The number of likely N-dealkylation sites (tertiary alicyclic amines) is 1. The van der Waals surface area contributed by atoms with Crippen LogP contribution < -0.4 is 11.2 Å². The molecule has 6 heteroatoms. The number of nitrogens with zero attached hydrogens (tertiary/aromatic N) is 2. The van der Waals surface area contributed by atoms with Crippen LogP contribution in [-0.2, 0) is 11.3 Å². The predicted octanol–water partition coefficient (Wildman–Crippen LogP) is 0.312. The van der Waals surface area contributed by atoms with Gasteiger partial charge in [0.15, 0.2) is 0 Å². The van der Waals surface area contributed by atoms with Crippen LogP contribution in [0.3, 0.4) is 0 Å². The summed E-state index contributed by atoms with van der Waals surface area (Å²) in [5.41, 5.74) is -0.467. The van der Waals surface area contributed by atoms with Gasteiger partial charge in [-0.1, -0.05) is 12.1 Å². The largest absolute Gasteiger partial charge is 0.341 e. The number of benzene rings is 1. The van der Waals surface area contributed by atoms with Gasteiger partial charge in [-0.05, 0) is 25.0 Å². The molecule has 1 saturated heterocycles. The molecule has 6 nitrogen and oxygen atoms in total. The number of fused-ring (bicyclic) bond motifs is 1. The molecule has 3 rings (SSSR count). The van der Waals surface area contributed by atoms with E-state index in [2.05, 4.69) is 4.98 Å². The van der Waals surface area contributed by atoms with Crippen molar-refractivity contribution >= 4 is 16.8 Å². The molecule has 1 aliphatic heterocycles. The monoisotopic (exact) mass is 273 g/mol. The Hall–Kier alpha value is -2.37. The standard InChI is InChI=1S/C14H15N3O3/c18-12(16-7-3-4-8-16)9-17-13(19)10-5-1-2-6-11(10)15-14(17)20/h1-2,5-6H,3-4,7-9H2,(H,15,20). The predicted molar refractivity (Wildman–Crippen MR) is 74.6 cm³/mol. The number of amides is 1. The molecule has 0 bridgehead atoms. The number of carbonyl (C=O) groups is 1. The summed E-state index contributed by atoms with van der Waals surface area (Å²) in [5, 5.41) is 0.418. The van der Waals surface area contributed by atoms with Gasteiger partial charge in [-0.2, -0.15) is 0 Å². The second-order valence-corrected chi connectivity index (χ2v) is 4.95. The number of aromatic amines is 1. The molecule has 1 aliphatic rings. The highest BCUT2D eigenvalue weighted by molar-refractivity contribution is 5.79. The minimum atomic E-state index is -0.541. The summed E-state index contributed by atoms with van der Waals surface area (Å²) in [4.78, 5) is 40.6. The summed E-state index contributed by atoms with van der Waals surface area (Å²) in [6.45, 7) is 1.22. The number of aromatic nitrogens is 2. The third kappa shape index (κ3) is 2.13. The Bertz CT molecular complexity index is 769. The highest BCUT2D eigenvalue weighted by Crippen LogP contribution is 2.08. The second-order valence-electron chi connectivity index (χ2n) is 4.95. The fraction of sp³-hybridized carbons (Fsp3) is 0.357. The van der Waals surface area contributed by atoms with E-state index in [1.165, 1.54) is 0 Å². The molecular formula is C14H15N3O3. The average Bonchev–Trinajstić information content (AvgIpc) is 2.97. The SMILES string of the molecule is O=C(Cn1c(=O)[nH]c2ccccc2c1=O)N1CCCC1. The molecule has 1 amide bonds. The first kappa shape index (κ1) is 12.7. The zero-order valence-corrected chi connectivity index (χ0v) is 11.0. The number of H-pyrrole nitrogens is 1. The van der Waals surface area contributed by atoms with E-state index in [1.807, 2.05) is 0 Å². The Morgan fingerprint density at radius 2 is 1.85 bits per heavy atom. The lowest BCUT2D eigenvalue weighted by molar-refractivity contribution is -0.130. The molecule has 0 saturated carbocycles. The van der Waals surface area contributed by atoms with E-state index in [0.717, 1.165) is 17.4 Å². The van der Waals surface area contributed by atoms with Gasteiger partial charge in [0, 0.05) is 13.1 Å². The summed E-state index contributed by atoms with van der Waals surface area (Å²) in [6.07, 6.45) is 1.96. The fourth-order valence-electron chi connectivity index (χ4n) is 2.54. The van der Waals surface area contributed by atoms with E-state index in [4.69, 9.17) is 0 Å². The van der Waals surface area contributed by atoms with Crippen molar-refractivity contribution < 1.29 is 4.79 Å². The first-order chi connectivity index (χ1) is 9.66. The first-order valence-corrected chi connectivity index (χ1v) is 6.66. The van der Waals surface area contributed by atoms with Gasteiger partial charge in [-0.3, -0.25) is 14.2 Å². The maximum absolute atomic E-state index is 12.3. The molecular weight excluding hydrogens is 258 g/mol. The van der Waals surface area contributed by atoms with Gasteiger partial charge >= 0.3 is 5.69 Å². The summed E-state index contributed by atoms with van der Waals surface area (Å²) in [6, 6.07) is 6.79. The van der Waals surface area contributed by atoms with Crippen molar-refractivity contribution in [2.45, 2.75) is 19.4 Å². The number of para-hydroxylation sites is 1. The maximum Gasteiger partial charge on any atom is 0.329 e. The van der Waals surface area contributed by atoms with Crippen LogP contribution in [0.2, 0.25) is 0 Å². The summed E-state index contributed by atoms with van der Waals surface area (Å²) < 4.78 is 0.975. The van der Waals surface area contributed by atoms with Crippen LogP contribution in [0.4, 0.5) is 0 Å². The zero-order valence-electron chi connectivity index (χ0n) is 11.0. The van der Waals surface area contributed by atoms with Crippen molar-refractivity contribution in [1.29, 1.82) is 0 Å². The van der Waals surface area contributed by atoms with Crippen LogP contribution in [-0.4, -0.2) is 33.4 Å². The van der Waals surface area contributed by atoms with Gasteiger partial charge in [0.05, 0.1) is 10.9 Å². The quantitative estimate of drug-likeness (QED) is 0.855. The van der Waals surface area contributed by atoms with Crippen molar-refractivity contribution in [2.75, 3.05) is 13.1 Å². The third-order valence-electron chi connectivity index (χ3n) is 3.64. The van der Waals surface area contributed by atoms with Gasteiger partial charge in [-0.15, -0.1) is 0 Å². The lowest BCUT2D eigenvalue weighted by atomic mass is 10.2. The molecule has 1 aromatic heterocycles. The van der Waals surface area contributed by atoms with Gasteiger partial charge in [0.1, 0.15) is 6.54 Å². The van der Waals surface area contributed by atoms with Crippen molar-refractivity contribution in [3.63, 3.8) is 0 Å². The molecule has 0 unspecified atom stereocenters. The number of nitrogens with one attached hydrogen (secondary N) is 1. The zero-order chi connectivity index (χ0) is 14.1. The van der Waals surface area contributed by atoms with Crippen molar-refractivity contribution in [3.8, 4) is 0 Å². The highest BCUT2D eigenvalue weighted by atomic mass is 16.2. The molecule has 1 fully saturated rings. The van der Waals surface area contributed by atoms with E-state index in [9.17, 15) is 14.4 Å². The molecule has 0 aliphatic carbocycles. The molecule has 20 heavy (non-hydrogen) atoms. The van der Waals surface area contributed by atoms with Crippen LogP contribution in [0.1, 0.15) is 12.8 Å². The van der Waals surface area contributed by atoms with Crippen LogP contribution in [0.5, 0.6) is 0 Å². The molecule has 104 valence electrons. The number of hydrogen-bond donors (Lipinski definition) is 1. The number of rotatable bonds is 2. The highest BCUT2D eigenvalue weighted by Gasteiger charge is 2.19. The molecule has 0 spiro atoms. The van der Waals surface area contributed by atoms with Gasteiger partial charge in [-0.25, -0.2) is 4.79 Å². The average molecular weight is 273 g/mol. The van der Waals surface area contributed by atoms with E-state index in [1.54, 1.807) is 29.2 Å². The molecule has 2 heterocycles. The Morgan fingerprint density at radius 3 is 2.60 bits per heavy atom. The van der Waals surface area contributed by atoms with E-state index >= 15 is 0 Å². The summed E-state index contributed by atoms with van der Waals surface area (Å²) >= 11 is 0. The molecule has 0 atom stereocenters. The van der Waals surface area contributed by atoms with Crippen LogP contribution >= 0.6 is 0 Å². The van der Waals surface area contributed by atoms with E-state index in [-0.39, 0.29) is 12.5 Å². The topological polar surface area (TPSA) is 75.2 Å². The fourth-order valence-corrected chi connectivity index (χ4v) is 2.54. The van der Waals surface area contributed by atoms with Gasteiger partial charge in [0.2, 0.25) is 5.91 Å². The molecule has 1 N–H and O–H groups in total. The minimum Gasteiger partial charge on any atom is -0.341 e. The second kappa shape index (κ2) is 4.96. The van der Waals surface area contributed by atoms with Crippen LogP contribution in [0, 0.1) is 0 Å². The minimum absolute atomic E-state index is 0.176. The normalized spacial score (nSPS) is 14.9. The smallest absolute Gasteiger partial charge is 0.329 e. The van der Waals surface area contributed by atoms with Gasteiger partial charge < -0.3 is 9.88 Å². The maximum atomic E-state index is 12.3. The molecule has 2 aromatic rings. The lowest BCUT2D eigenvalue weighted by Crippen LogP contribution is -2.41. The summed E-state index contributed by atoms with van der Waals surface area (Å²) in [5.74, 6) is -0.176. The Balaban J connectivity index is 2.01. The molecule has 0 radical (unpaired) electrons. The van der Waals surface area contributed by atoms with Crippen LogP contribution in [0.15, 0.2) is 33.9 Å². The van der Waals surface area contributed by atoms with Crippen molar-refractivity contribution in [1.82, 2.24) is 14.5 Å². The molecule has 1 aromatic carbocycles.